The highest BCUT2D eigenvalue weighted by atomic mass is 32.2. The monoisotopic (exact) mass is 633 g/mol. The van der Waals surface area contributed by atoms with Gasteiger partial charge in [0.25, 0.3) is 10.0 Å². The molecule has 0 saturated heterocycles. The normalized spacial score (nSPS) is 18.6. The fourth-order valence-electron chi connectivity index (χ4n) is 5.30. The van der Waals surface area contributed by atoms with Gasteiger partial charge < -0.3 is 25.4 Å². The number of nitrogens with zero attached hydrogens (tertiary/aromatic N) is 7. The predicted octanol–water partition coefficient (Wildman–Crippen LogP) is 3.78. The van der Waals surface area contributed by atoms with E-state index in [9.17, 15) is 13.5 Å². The first kappa shape index (κ1) is 30.9. The first-order chi connectivity index (χ1) is 21.8. The van der Waals surface area contributed by atoms with Crippen LogP contribution in [0.2, 0.25) is 0 Å². The highest BCUT2D eigenvalue weighted by Gasteiger charge is 2.37. The summed E-state index contributed by atoms with van der Waals surface area (Å²) in [5.74, 6) is 2.49. The molecule has 238 valence electrons. The van der Waals surface area contributed by atoms with Crippen LogP contribution >= 0.6 is 0 Å². The zero-order valence-corrected chi connectivity index (χ0v) is 26.3. The third-order valence-electron chi connectivity index (χ3n) is 8.12. The first-order valence-corrected chi connectivity index (χ1v) is 16.8. The van der Waals surface area contributed by atoms with Gasteiger partial charge in [0, 0.05) is 48.9 Å². The van der Waals surface area contributed by atoms with Gasteiger partial charge in [-0.15, -0.1) is 0 Å². The van der Waals surface area contributed by atoms with Crippen molar-refractivity contribution in [2.24, 2.45) is 5.92 Å². The smallest absolute Gasteiger partial charge is 0.256 e. The molecule has 14 heteroatoms. The fourth-order valence-corrected chi connectivity index (χ4v) is 6.78. The molecule has 4 heterocycles. The lowest BCUT2D eigenvalue weighted by Crippen LogP contribution is -2.27. The van der Waals surface area contributed by atoms with Gasteiger partial charge in [-0.2, -0.15) is 9.19 Å². The van der Waals surface area contributed by atoms with Gasteiger partial charge in [-0.05, 0) is 76.7 Å². The number of ether oxygens (including phenoxy) is 1. The van der Waals surface area contributed by atoms with Gasteiger partial charge in [0.2, 0.25) is 0 Å². The summed E-state index contributed by atoms with van der Waals surface area (Å²) in [5.41, 5.74) is 3.02. The van der Waals surface area contributed by atoms with Gasteiger partial charge >= 0.3 is 0 Å². The Hall–Kier alpha value is -4.14. The fraction of sp³-hybridized carbons (Fsp3) is 0.452. The minimum Gasteiger partial charge on any atom is -0.491 e. The van der Waals surface area contributed by atoms with E-state index in [4.69, 9.17) is 4.74 Å². The maximum atomic E-state index is 12.6. The molecule has 2 saturated carbocycles. The molecule has 2 aliphatic carbocycles. The molecule has 0 aromatic carbocycles. The molecule has 6 rings (SSSR count). The van der Waals surface area contributed by atoms with E-state index in [1.165, 1.54) is 12.4 Å². The largest absolute Gasteiger partial charge is 0.491 e. The van der Waals surface area contributed by atoms with Crippen LogP contribution in [0.1, 0.15) is 38.5 Å². The van der Waals surface area contributed by atoms with E-state index in [0.717, 1.165) is 53.3 Å². The van der Waals surface area contributed by atoms with Crippen molar-refractivity contribution < 1.29 is 18.3 Å². The van der Waals surface area contributed by atoms with Crippen molar-refractivity contribution in [3.05, 3.63) is 55.2 Å². The van der Waals surface area contributed by atoms with Crippen molar-refractivity contribution >= 4 is 27.3 Å². The van der Waals surface area contributed by atoms with Gasteiger partial charge in [-0.3, -0.25) is 4.98 Å². The Morgan fingerprint density at radius 1 is 1.00 bits per heavy atom. The first-order valence-electron chi connectivity index (χ1n) is 15.3. The lowest BCUT2D eigenvalue weighted by atomic mass is 9.86. The molecule has 0 atom stereocenters. The van der Waals surface area contributed by atoms with Crippen molar-refractivity contribution in [1.82, 2.24) is 34.0 Å². The molecule has 4 aromatic heterocycles. The summed E-state index contributed by atoms with van der Waals surface area (Å²) in [5, 5.41) is 20.3. The molecule has 0 bridgehead atoms. The average Bonchev–Trinajstić information content (AvgIpc) is 3.79. The van der Waals surface area contributed by atoms with Crippen molar-refractivity contribution in [2.45, 2.75) is 49.8 Å². The Bertz CT molecular complexity index is 1700. The number of likely N-dealkylation sites (N-methyl/N-ethyl adjacent to an activating group) is 1. The van der Waals surface area contributed by atoms with E-state index in [-0.39, 0.29) is 17.9 Å². The number of aromatic nitrogens is 6. The van der Waals surface area contributed by atoms with Crippen molar-refractivity contribution in [3.63, 3.8) is 0 Å². The molecule has 13 nitrogen and oxygen atoms in total. The van der Waals surface area contributed by atoms with Crippen LogP contribution in [0.15, 0.2) is 55.2 Å². The zero-order valence-electron chi connectivity index (χ0n) is 25.5. The van der Waals surface area contributed by atoms with E-state index in [1.54, 1.807) is 24.7 Å². The SMILES string of the molecule is CN(C)CCOc1ccc(-c2cnc(Nc3ccnc(-c4cnn(S(=O)(=O)C5CC5)c4)n3)cc2NC2CCC(CO)CC2)nc1. The number of aliphatic hydroxyl groups excluding tert-OH is 1. The van der Waals surface area contributed by atoms with Crippen LogP contribution in [0.4, 0.5) is 17.3 Å². The molecule has 45 heavy (non-hydrogen) atoms. The third kappa shape index (κ3) is 7.57. The van der Waals surface area contributed by atoms with Crippen molar-refractivity contribution in [1.29, 1.82) is 0 Å². The molecular weight excluding hydrogens is 594 g/mol. The van der Waals surface area contributed by atoms with Gasteiger partial charge in [-0.25, -0.2) is 23.4 Å². The molecule has 4 aromatic rings. The van der Waals surface area contributed by atoms with Crippen LogP contribution in [0.25, 0.3) is 22.6 Å². The van der Waals surface area contributed by atoms with Crippen molar-refractivity contribution in [3.8, 4) is 28.4 Å². The Labute approximate surface area is 263 Å². The molecular formula is C31H39N9O4S. The summed E-state index contributed by atoms with van der Waals surface area (Å²) in [6.07, 6.45) is 13.2. The molecule has 0 spiro atoms. The van der Waals surface area contributed by atoms with E-state index in [2.05, 4.69) is 40.6 Å². The Kier molecular flexibility index (Phi) is 9.24. The number of hydrogen-bond donors (Lipinski definition) is 3. The summed E-state index contributed by atoms with van der Waals surface area (Å²) in [7, 11) is 0.529. The quantitative estimate of drug-likeness (QED) is 0.196. The van der Waals surface area contributed by atoms with E-state index in [1.807, 2.05) is 32.3 Å². The van der Waals surface area contributed by atoms with Gasteiger partial charge in [0.1, 0.15) is 24.0 Å². The summed E-state index contributed by atoms with van der Waals surface area (Å²) in [6, 6.07) is 7.78. The van der Waals surface area contributed by atoms with E-state index < -0.39 is 10.0 Å². The number of rotatable bonds is 13. The zero-order chi connectivity index (χ0) is 31.4. The number of nitrogens with one attached hydrogen (secondary N) is 2. The van der Waals surface area contributed by atoms with Crippen LogP contribution in [-0.2, 0) is 10.0 Å². The lowest BCUT2D eigenvalue weighted by molar-refractivity contribution is 0.186. The van der Waals surface area contributed by atoms with Crippen LogP contribution in [-0.4, -0.2) is 92.7 Å². The highest BCUT2D eigenvalue weighted by molar-refractivity contribution is 7.90. The second-order valence-corrected chi connectivity index (χ2v) is 14.0. The van der Waals surface area contributed by atoms with Crippen LogP contribution < -0.4 is 15.4 Å². The Morgan fingerprint density at radius 2 is 1.82 bits per heavy atom. The van der Waals surface area contributed by atoms with Crippen LogP contribution in [0.3, 0.4) is 0 Å². The number of hydrogen-bond acceptors (Lipinski definition) is 12. The van der Waals surface area contributed by atoms with Gasteiger partial charge in [0.15, 0.2) is 5.82 Å². The second kappa shape index (κ2) is 13.5. The molecule has 0 amide bonds. The topological polar surface area (TPSA) is 160 Å². The maximum absolute atomic E-state index is 12.6. The summed E-state index contributed by atoms with van der Waals surface area (Å²) < 4.78 is 32.0. The molecule has 2 fully saturated rings. The lowest BCUT2D eigenvalue weighted by Gasteiger charge is -2.29. The Balaban J connectivity index is 1.22. The second-order valence-electron chi connectivity index (χ2n) is 11.9. The number of pyridine rings is 2. The molecule has 0 unspecified atom stereocenters. The average molecular weight is 634 g/mol. The summed E-state index contributed by atoms with van der Waals surface area (Å²) >= 11 is 0. The maximum Gasteiger partial charge on any atom is 0.256 e. The summed E-state index contributed by atoms with van der Waals surface area (Å²) in [6.45, 7) is 1.62. The molecule has 0 aliphatic heterocycles. The van der Waals surface area contributed by atoms with Crippen LogP contribution in [0, 0.1) is 5.92 Å². The highest BCUT2D eigenvalue weighted by Crippen LogP contribution is 2.34. The Morgan fingerprint density at radius 3 is 2.53 bits per heavy atom. The number of anilines is 3. The standard InChI is InChI=1S/C31H39N9O4S/c1-39(2)13-14-44-24-7-10-27(33-17-24)26-18-34-30(15-28(26)36-23-5-3-21(20-41)4-6-23)37-29-11-12-32-31(38-29)22-16-35-40(19-22)45(42,43)25-8-9-25/h7,10-12,15-19,21,23,25,41H,3-6,8-9,13-14,20H2,1-2H3,(H2,32,34,36,37,38). The summed E-state index contributed by atoms with van der Waals surface area (Å²) in [4.78, 5) is 20.3. The van der Waals surface area contributed by atoms with Gasteiger partial charge in [0.05, 0.1) is 35.1 Å². The predicted molar refractivity (Wildman–Crippen MR) is 172 cm³/mol. The van der Waals surface area contributed by atoms with Crippen molar-refractivity contribution in [2.75, 3.05) is 44.5 Å². The van der Waals surface area contributed by atoms with E-state index in [0.29, 0.717) is 54.1 Å². The molecule has 3 N–H and O–H groups in total. The molecule has 0 radical (unpaired) electrons. The van der Waals surface area contributed by atoms with Crippen LogP contribution in [0.5, 0.6) is 5.75 Å². The minimum absolute atomic E-state index is 0.228. The van der Waals surface area contributed by atoms with Gasteiger partial charge in [-0.1, -0.05) is 0 Å². The van der Waals surface area contributed by atoms with E-state index >= 15 is 0 Å². The molecule has 2 aliphatic rings. The number of aliphatic hydroxyl groups is 1. The third-order valence-corrected chi connectivity index (χ3v) is 10.2. The minimum atomic E-state index is -3.48.